The highest BCUT2D eigenvalue weighted by molar-refractivity contribution is 6.99. The van der Waals surface area contributed by atoms with E-state index in [4.69, 9.17) is 18.3 Å². The van der Waals surface area contributed by atoms with Crippen molar-refractivity contribution in [1.29, 1.82) is 0 Å². The van der Waals surface area contributed by atoms with Crippen LogP contribution in [0, 0.1) is 23.7 Å². The van der Waals surface area contributed by atoms with Crippen LogP contribution in [0.4, 0.5) is 0 Å². The third kappa shape index (κ3) is 6.15. The number of hydrogen-bond acceptors (Lipinski definition) is 5. The van der Waals surface area contributed by atoms with Gasteiger partial charge in [0, 0.05) is 19.1 Å². The van der Waals surface area contributed by atoms with Crippen molar-refractivity contribution in [3.63, 3.8) is 0 Å². The molecule has 0 heterocycles. The molecule has 0 aliphatic heterocycles. The summed E-state index contributed by atoms with van der Waals surface area (Å²) in [6, 6.07) is 21.4. The van der Waals surface area contributed by atoms with E-state index in [1.807, 2.05) is 0 Å². The molecule has 7 heteroatoms. The Morgan fingerprint density at radius 3 is 1.79 bits per heavy atom. The van der Waals surface area contributed by atoms with Crippen LogP contribution < -0.4 is 10.4 Å². The molecule has 5 rings (SSSR count). The first-order valence-electron chi connectivity index (χ1n) is 16.3. The molecule has 3 fully saturated rings. The Balaban J connectivity index is 1.48. The molecule has 0 N–H and O–H groups in total. The van der Waals surface area contributed by atoms with Gasteiger partial charge in [-0.3, -0.25) is 4.79 Å². The van der Waals surface area contributed by atoms with E-state index in [0.29, 0.717) is 17.8 Å². The van der Waals surface area contributed by atoms with Gasteiger partial charge in [-0.1, -0.05) is 102 Å². The number of methoxy groups -OCH3 is 1. The third-order valence-electron chi connectivity index (χ3n) is 11.2. The number of benzene rings is 2. The number of ether oxygens (including phenoxy) is 2. The predicted octanol–water partition coefficient (Wildman–Crippen LogP) is 6.95. The minimum absolute atomic E-state index is 0.00906. The second-order valence-electron chi connectivity index (χ2n) is 15.8. The maximum atomic E-state index is 14.4. The Hall–Kier alpha value is -1.62. The normalized spacial score (nSPS) is 29.9. The van der Waals surface area contributed by atoms with Gasteiger partial charge in [-0.15, -0.1) is 0 Å². The average Bonchev–Trinajstić information content (AvgIpc) is 3.50. The lowest BCUT2D eigenvalue weighted by atomic mass is 9.68. The van der Waals surface area contributed by atoms with Crippen LogP contribution in [0.1, 0.15) is 67.2 Å². The number of carbonyl (C=O) groups excluding carboxylic acids is 1. The van der Waals surface area contributed by atoms with E-state index < -0.39 is 22.7 Å². The van der Waals surface area contributed by atoms with Crippen LogP contribution in [0.3, 0.4) is 0 Å². The minimum Gasteiger partial charge on any atom is -0.414 e. The molecule has 7 atom stereocenters. The topological polar surface area (TPSA) is 54.0 Å². The molecular weight excluding hydrogens is 569 g/mol. The summed E-state index contributed by atoms with van der Waals surface area (Å²) in [5.41, 5.74) is 0. The lowest BCUT2D eigenvalue weighted by molar-refractivity contribution is -0.140. The van der Waals surface area contributed by atoms with E-state index in [1.54, 1.807) is 7.11 Å². The molecule has 2 aromatic carbocycles. The van der Waals surface area contributed by atoms with Gasteiger partial charge in [0.2, 0.25) is 0 Å². The van der Waals surface area contributed by atoms with Gasteiger partial charge < -0.3 is 18.3 Å². The highest BCUT2D eigenvalue weighted by Gasteiger charge is 2.60. The van der Waals surface area contributed by atoms with Crippen molar-refractivity contribution in [3.05, 3.63) is 60.7 Å². The highest BCUT2D eigenvalue weighted by Crippen LogP contribution is 2.56. The summed E-state index contributed by atoms with van der Waals surface area (Å²) in [7, 11) is -3.09. The summed E-state index contributed by atoms with van der Waals surface area (Å²) in [5, 5.41) is 2.43. The Morgan fingerprint density at radius 1 is 0.721 bits per heavy atom. The largest absolute Gasteiger partial charge is 0.414 e. The van der Waals surface area contributed by atoms with Gasteiger partial charge >= 0.3 is 0 Å². The number of carbonyl (C=O) groups is 1. The van der Waals surface area contributed by atoms with Gasteiger partial charge in [-0.2, -0.15) is 0 Å². The van der Waals surface area contributed by atoms with Gasteiger partial charge in [0.1, 0.15) is 12.9 Å². The second kappa shape index (κ2) is 12.3. The van der Waals surface area contributed by atoms with Gasteiger partial charge in [0.25, 0.3) is 8.32 Å². The summed E-state index contributed by atoms with van der Waals surface area (Å²) in [6.45, 7) is 18.8. The molecule has 43 heavy (non-hydrogen) atoms. The first kappa shape index (κ1) is 32.8. The smallest absolute Gasteiger partial charge is 0.262 e. The van der Waals surface area contributed by atoms with Crippen LogP contribution in [-0.4, -0.2) is 54.6 Å². The zero-order valence-corrected chi connectivity index (χ0v) is 29.9. The van der Waals surface area contributed by atoms with Crippen LogP contribution >= 0.6 is 0 Å². The Labute approximate surface area is 262 Å². The van der Waals surface area contributed by atoms with Crippen molar-refractivity contribution >= 4 is 32.8 Å². The van der Waals surface area contributed by atoms with Crippen molar-refractivity contribution in [1.82, 2.24) is 0 Å². The zero-order valence-electron chi connectivity index (χ0n) is 27.9. The molecule has 0 amide bonds. The van der Waals surface area contributed by atoms with Crippen LogP contribution in [0.15, 0.2) is 60.7 Å². The molecule has 3 aliphatic rings. The molecule has 2 aromatic rings. The predicted molar refractivity (Wildman–Crippen MR) is 179 cm³/mol. The van der Waals surface area contributed by atoms with E-state index in [1.165, 1.54) is 10.4 Å². The van der Waals surface area contributed by atoms with Crippen molar-refractivity contribution in [3.8, 4) is 0 Å². The van der Waals surface area contributed by atoms with E-state index in [-0.39, 0.29) is 40.8 Å². The summed E-state index contributed by atoms with van der Waals surface area (Å²) < 4.78 is 26.1. The first-order valence-corrected chi connectivity index (χ1v) is 21.1. The van der Waals surface area contributed by atoms with Crippen LogP contribution in [0.5, 0.6) is 0 Å². The monoisotopic (exact) mass is 622 g/mol. The first-order chi connectivity index (χ1) is 20.2. The molecule has 5 nitrogen and oxygen atoms in total. The Kier molecular flexibility index (Phi) is 9.37. The average molecular weight is 623 g/mol. The van der Waals surface area contributed by atoms with Crippen molar-refractivity contribution in [2.75, 3.05) is 13.9 Å². The molecule has 0 bridgehead atoms. The van der Waals surface area contributed by atoms with Gasteiger partial charge in [0.05, 0.1) is 6.10 Å². The molecule has 0 spiro atoms. The van der Waals surface area contributed by atoms with Crippen LogP contribution in [-0.2, 0) is 23.1 Å². The summed E-state index contributed by atoms with van der Waals surface area (Å²) in [6.07, 6.45) is 3.36. The molecular formula is C36H54O5Si2. The van der Waals surface area contributed by atoms with Gasteiger partial charge in [-0.05, 0) is 77.0 Å². The second-order valence-corrected chi connectivity index (χ2v) is 24.8. The molecule has 3 saturated carbocycles. The maximum absolute atomic E-state index is 14.4. The number of hydrogen-bond donors (Lipinski definition) is 0. The zero-order chi connectivity index (χ0) is 31.2. The van der Waals surface area contributed by atoms with Crippen molar-refractivity contribution < 1.29 is 23.1 Å². The Bertz CT molecular complexity index is 1200. The fraction of sp³-hybridized carbons (Fsp3) is 0.639. The lowest BCUT2D eigenvalue weighted by Gasteiger charge is -2.44. The van der Waals surface area contributed by atoms with E-state index >= 15 is 0 Å². The fourth-order valence-electron chi connectivity index (χ4n) is 8.19. The van der Waals surface area contributed by atoms with Crippen LogP contribution in [0.25, 0.3) is 0 Å². The number of Topliss-reactive ketones (excluding diaryl/α,β-unsaturated/α-hetero) is 1. The standard InChI is InChI=1S/C36H54O5Si2/c1-35(2,3)42(8,9)40-25-20-28-29-22-33(34(37)31(29)23-32(30(28)21-25)39-24-38-7)41-43(36(4,5)6,26-16-12-10-13-17-26)27-18-14-11-15-19-27/h10-19,25,28-33H,20-24H2,1-9H3/t25-,28-,29-,30-,31+,32-,33-/m0/s1. The number of ketones is 1. The highest BCUT2D eigenvalue weighted by atomic mass is 28.4. The maximum Gasteiger partial charge on any atom is 0.262 e. The van der Waals surface area contributed by atoms with E-state index in [9.17, 15) is 4.79 Å². The summed E-state index contributed by atoms with van der Waals surface area (Å²) in [5.74, 6) is 1.31. The van der Waals surface area contributed by atoms with Gasteiger partial charge in [0.15, 0.2) is 14.1 Å². The Morgan fingerprint density at radius 2 is 1.28 bits per heavy atom. The number of rotatable bonds is 9. The summed E-state index contributed by atoms with van der Waals surface area (Å²) >= 11 is 0. The summed E-state index contributed by atoms with van der Waals surface area (Å²) in [4.78, 5) is 14.4. The molecule has 3 aliphatic carbocycles. The molecule has 0 unspecified atom stereocenters. The molecule has 0 saturated heterocycles. The van der Waals surface area contributed by atoms with Crippen LogP contribution in [0.2, 0.25) is 23.2 Å². The minimum atomic E-state index is -2.85. The number of fused-ring (bicyclic) bond motifs is 3. The van der Waals surface area contributed by atoms with E-state index in [0.717, 1.165) is 25.7 Å². The van der Waals surface area contributed by atoms with Crippen molar-refractivity contribution in [2.24, 2.45) is 23.7 Å². The molecule has 0 radical (unpaired) electrons. The molecule has 236 valence electrons. The quantitative estimate of drug-likeness (QED) is 0.224. The lowest BCUT2D eigenvalue weighted by Crippen LogP contribution is -2.68. The molecule has 0 aromatic heterocycles. The SMILES string of the molecule is COCO[C@H]1C[C@H]2C(=O)[C@@H](O[Si](c3ccccc3)(c3ccccc3)C(C)(C)C)C[C@H]2[C@@H]2C[C@H](O[Si](C)(C)C(C)(C)C)C[C@@H]21. The van der Waals surface area contributed by atoms with Gasteiger partial charge in [-0.25, -0.2) is 0 Å². The van der Waals surface area contributed by atoms with Crippen molar-refractivity contribution in [2.45, 2.75) is 109 Å². The van der Waals surface area contributed by atoms with E-state index in [2.05, 4.69) is 115 Å². The fourth-order valence-corrected chi connectivity index (χ4v) is 14.2. The third-order valence-corrected chi connectivity index (χ3v) is 20.8.